The lowest BCUT2D eigenvalue weighted by atomic mass is 9.89. The first-order valence-corrected chi connectivity index (χ1v) is 11.0. The number of carbonyl (C=O) groups excluding carboxylic acids is 1. The second kappa shape index (κ2) is 8.20. The van der Waals surface area contributed by atoms with Gasteiger partial charge in [0, 0.05) is 29.5 Å². The standard InChI is InChI=1S/C24H25N5O3/c1-16-5-10-21-20(13-16)19-3-2-4-22-24(19)28(21)12-11-27(22)15-23(30)26-25-14-17-6-8-18(9-7-17)29(31)32/h5-10,13-14,22H,2-4,11-12,15H2,1H3,(H,26,30)/p+1/t22-/m1/s1. The number of aryl methyl sites for hydroxylation is 2. The molecule has 2 N–H and O–H groups in total. The highest BCUT2D eigenvalue weighted by atomic mass is 16.6. The average Bonchev–Trinajstić information content (AvgIpc) is 3.10. The van der Waals surface area contributed by atoms with Crippen LogP contribution in [0.25, 0.3) is 10.9 Å². The van der Waals surface area contributed by atoms with Gasteiger partial charge in [-0.05, 0) is 55.2 Å². The second-order valence-electron chi connectivity index (χ2n) is 8.71. The van der Waals surface area contributed by atoms with E-state index in [1.807, 2.05) is 0 Å². The lowest BCUT2D eigenvalue weighted by molar-refractivity contribution is -0.929. The van der Waals surface area contributed by atoms with Crippen LogP contribution < -0.4 is 10.3 Å². The maximum absolute atomic E-state index is 12.6. The van der Waals surface area contributed by atoms with Crippen molar-refractivity contribution in [2.75, 3.05) is 13.1 Å². The molecule has 0 spiro atoms. The Kier molecular flexibility index (Phi) is 5.22. The van der Waals surface area contributed by atoms with Gasteiger partial charge in [0.15, 0.2) is 6.54 Å². The minimum absolute atomic E-state index is 0.0271. The first kappa shape index (κ1) is 20.4. The van der Waals surface area contributed by atoms with Crippen molar-refractivity contribution in [1.82, 2.24) is 9.99 Å². The number of hydrogen-bond acceptors (Lipinski definition) is 4. The van der Waals surface area contributed by atoms with E-state index >= 15 is 0 Å². The summed E-state index contributed by atoms with van der Waals surface area (Å²) in [5.74, 6) is -0.120. The molecule has 0 saturated heterocycles. The van der Waals surface area contributed by atoms with Crippen LogP contribution in [0.1, 0.15) is 41.3 Å². The molecule has 2 aliphatic rings. The van der Waals surface area contributed by atoms with E-state index in [1.54, 1.807) is 12.1 Å². The number of carbonyl (C=O) groups is 1. The lowest BCUT2D eigenvalue weighted by Crippen LogP contribution is -3.14. The summed E-state index contributed by atoms with van der Waals surface area (Å²) in [6.07, 6.45) is 4.86. The highest BCUT2D eigenvalue weighted by Crippen LogP contribution is 2.37. The minimum atomic E-state index is -0.443. The van der Waals surface area contributed by atoms with Crippen molar-refractivity contribution in [3.63, 3.8) is 0 Å². The summed E-state index contributed by atoms with van der Waals surface area (Å²) in [5.41, 5.74) is 8.83. The van der Waals surface area contributed by atoms with Gasteiger partial charge in [0.2, 0.25) is 0 Å². The van der Waals surface area contributed by atoms with E-state index in [0.29, 0.717) is 18.2 Å². The Morgan fingerprint density at radius 1 is 1.31 bits per heavy atom. The molecule has 1 unspecified atom stereocenters. The molecule has 164 valence electrons. The molecule has 1 aliphatic carbocycles. The van der Waals surface area contributed by atoms with Crippen LogP contribution in [0.4, 0.5) is 5.69 Å². The van der Waals surface area contributed by atoms with Gasteiger partial charge in [0.05, 0.1) is 29.9 Å². The Labute approximate surface area is 185 Å². The van der Waals surface area contributed by atoms with Gasteiger partial charge in [-0.2, -0.15) is 5.10 Å². The van der Waals surface area contributed by atoms with E-state index in [0.717, 1.165) is 32.4 Å². The van der Waals surface area contributed by atoms with Crippen molar-refractivity contribution in [2.24, 2.45) is 5.10 Å². The number of amides is 1. The van der Waals surface area contributed by atoms with Crippen molar-refractivity contribution in [2.45, 2.75) is 38.8 Å². The average molecular weight is 433 g/mol. The Bertz CT molecular complexity index is 1230. The Balaban J connectivity index is 1.28. The van der Waals surface area contributed by atoms with E-state index in [2.05, 4.69) is 40.2 Å². The highest BCUT2D eigenvalue weighted by molar-refractivity contribution is 5.87. The molecule has 0 saturated carbocycles. The molecule has 8 heteroatoms. The number of quaternary nitrogens is 1. The normalized spacial score (nSPS) is 19.8. The molecule has 0 bridgehead atoms. The summed E-state index contributed by atoms with van der Waals surface area (Å²) >= 11 is 0. The van der Waals surface area contributed by atoms with Crippen molar-refractivity contribution >= 4 is 28.7 Å². The monoisotopic (exact) mass is 432 g/mol. The number of nitrogens with zero attached hydrogens (tertiary/aromatic N) is 3. The third kappa shape index (κ3) is 3.67. The fourth-order valence-electron chi connectivity index (χ4n) is 5.22. The highest BCUT2D eigenvalue weighted by Gasteiger charge is 2.38. The van der Waals surface area contributed by atoms with Crippen molar-refractivity contribution in [3.8, 4) is 0 Å². The first-order valence-electron chi connectivity index (χ1n) is 11.0. The molecule has 2 aromatic carbocycles. The molecule has 8 nitrogen and oxygen atoms in total. The molecule has 0 fully saturated rings. The number of rotatable bonds is 5. The van der Waals surface area contributed by atoms with Gasteiger partial charge in [-0.1, -0.05) is 11.6 Å². The van der Waals surface area contributed by atoms with Crippen LogP contribution in [-0.2, 0) is 17.8 Å². The zero-order chi connectivity index (χ0) is 22.2. The number of fused-ring (bicyclic) bond motifs is 3. The van der Waals surface area contributed by atoms with Crippen LogP contribution >= 0.6 is 0 Å². The smallest absolute Gasteiger partial charge is 0.295 e. The summed E-state index contributed by atoms with van der Waals surface area (Å²) < 4.78 is 2.47. The summed E-state index contributed by atoms with van der Waals surface area (Å²) in [7, 11) is 0. The van der Waals surface area contributed by atoms with Crippen LogP contribution in [0.5, 0.6) is 0 Å². The molecular weight excluding hydrogens is 406 g/mol. The molecular formula is C24H26N5O3+. The van der Waals surface area contributed by atoms with E-state index in [1.165, 1.54) is 51.0 Å². The maximum atomic E-state index is 12.6. The summed E-state index contributed by atoms with van der Waals surface area (Å²) in [6.45, 7) is 4.35. The van der Waals surface area contributed by atoms with Gasteiger partial charge in [-0.15, -0.1) is 0 Å². The van der Waals surface area contributed by atoms with E-state index < -0.39 is 4.92 Å². The number of benzene rings is 2. The minimum Gasteiger partial charge on any atom is -0.334 e. The van der Waals surface area contributed by atoms with E-state index in [-0.39, 0.29) is 11.6 Å². The molecule has 5 rings (SSSR count). The Hall–Kier alpha value is -3.52. The van der Waals surface area contributed by atoms with Crippen LogP contribution in [0, 0.1) is 17.0 Å². The molecule has 1 amide bonds. The number of hydrazone groups is 1. The van der Waals surface area contributed by atoms with Gasteiger partial charge in [-0.3, -0.25) is 14.9 Å². The topological polar surface area (TPSA) is 94.0 Å². The van der Waals surface area contributed by atoms with Crippen LogP contribution in [0.3, 0.4) is 0 Å². The second-order valence-corrected chi connectivity index (χ2v) is 8.71. The number of nitro groups is 1. The maximum Gasteiger partial charge on any atom is 0.295 e. The molecule has 2 heterocycles. The predicted molar refractivity (Wildman–Crippen MR) is 122 cm³/mol. The summed E-state index contributed by atoms with van der Waals surface area (Å²) in [5, 5.41) is 16.2. The third-order valence-corrected chi connectivity index (χ3v) is 6.66. The first-order chi connectivity index (χ1) is 15.5. The number of non-ortho nitro benzene ring substituents is 1. The van der Waals surface area contributed by atoms with Gasteiger partial charge < -0.3 is 9.47 Å². The fourth-order valence-corrected chi connectivity index (χ4v) is 5.22. The van der Waals surface area contributed by atoms with Gasteiger partial charge in [-0.25, -0.2) is 5.43 Å². The number of nitrogens with one attached hydrogen (secondary N) is 2. The molecule has 2 atom stereocenters. The number of aromatic nitrogens is 1. The van der Waals surface area contributed by atoms with Gasteiger partial charge in [0.1, 0.15) is 6.04 Å². The van der Waals surface area contributed by atoms with E-state index in [4.69, 9.17) is 0 Å². The SMILES string of the molecule is Cc1ccc2c(c1)c1c3n2CC[NH+](CC(=O)NN=Cc2ccc([N+](=O)[O-])cc2)[C@@H]3CCC1. The zero-order valence-electron chi connectivity index (χ0n) is 18.0. The quantitative estimate of drug-likeness (QED) is 0.368. The van der Waals surface area contributed by atoms with Gasteiger partial charge in [0.25, 0.3) is 11.6 Å². The molecule has 1 aromatic heterocycles. The van der Waals surface area contributed by atoms with Crippen molar-refractivity contribution in [3.05, 3.63) is 75.0 Å². The molecule has 1 aliphatic heterocycles. The summed E-state index contributed by atoms with van der Waals surface area (Å²) in [4.78, 5) is 24.2. The van der Waals surface area contributed by atoms with Crippen LogP contribution in [-0.4, -0.2) is 34.7 Å². The van der Waals surface area contributed by atoms with Crippen LogP contribution in [0.15, 0.2) is 47.6 Å². The van der Waals surface area contributed by atoms with Crippen molar-refractivity contribution in [1.29, 1.82) is 0 Å². The van der Waals surface area contributed by atoms with E-state index in [9.17, 15) is 14.9 Å². The fraction of sp³-hybridized carbons (Fsp3) is 0.333. The molecule has 32 heavy (non-hydrogen) atoms. The predicted octanol–water partition coefficient (Wildman–Crippen LogP) is 2.28. The largest absolute Gasteiger partial charge is 0.334 e. The Morgan fingerprint density at radius 2 is 2.12 bits per heavy atom. The van der Waals surface area contributed by atoms with Crippen molar-refractivity contribution < 1.29 is 14.6 Å². The Morgan fingerprint density at radius 3 is 2.91 bits per heavy atom. The summed E-state index contributed by atoms with van der Waals surface area (Å²) in [6, 6.07) is 13.1. The molecule has 0 radical (unpaired) electrons. The third-order valence-electron chi connectivity index (χ3n) is 6.66. The number of hydrogen-bond donors (Lipinski definition) is 2. The zero-order valence-corrected chi connectivity index (χ0v) is 18.0. The lowest BCUT2D eigenvalue weighted by Gasteiger charge is -2.36. The molecule has 3 aromatic rings. The van der Waals surface area contributed by atoms with Crippen LogP contribution in [0.2, 0.25) is 0 Å². The number of nitro benzene ring substituents is 1. The van der Waals surface area contributed by atoms with Gasteiger partial charge >= 0.3 is 0 Å².